The van der Waals surface area contributed by atoms with E-state index in [2.05, 4.69) is 20.0 Å². The lowest BCUT2D eigenvalue weighted by Crippen LogP contribution is -2.15. The minimum Gasteiger partial charge on any atom is -0.280 e. The van der Waals surface area contributed by atoms with Gasteiger partial charge in [0.1, 0.15) is 4.90 Å². The van der Waals surface area contributed by atoms with E-state index in [0.717, 1.165) is 17.0 Å². The van der Waals surface area contributed by atoms with E-state index < -0.39 is 26.7 Å². The topological polar surface area (TPSA) is 89.2 Å². The number of nitrogens with zero attached hydrogens (tertiary/aromatic N) is 4. The van der Waals surface area contributed by atoms with E-state index in [4.69, 9.17) is 11.6 Å². The number of anilines is 1. The Hall–Kier alpha value is -3.48. The zero-order valence-corrected chi connectivity index (χ0v) is 19.8. The average Bonchev–Trinajstić information content (AvgIpc) is 3.47. The monoisotopic (exact) mass is 535 g/mol. The normalized spacial score (nSPS) is 12.2. The minimum absolute atomic E-state index is 0.125. The summed E-state index contributed by atoms with van der Waals surface area (Å²) in [5.41, 5.74) is 0.610. The highest BCUT2D eigenvalue weighted by atomic mass is 35.5. The molecule has 3 heterocycles. The first-order valence-corrected chi connectivity index (χ1v) is 12.6. The van der Waals surface area contributed by atoms with Crippen molar-refractivity contribution < 1.29 is 21.6 Å². The van der Waals surface area contributed by atoms with Crippen molar-refractivity contribution in [3.05, 3.63) is 82.7 Å². The molecule has 7 nitrogen and oxygen atoms in total. The van der Waals surface area contributed by atoms with Crippen LogP contribution < -0.4 is 4.72 Å². The summed E-state index contributed by atoms with van der Waals surface area (Å²) < 4.78 is 68.9. The van der Waals surface area contributed by atoms with E-state index in [0.29, 0.717) is 28.8 Å². The van der Waals surface area contributed by atoms with Crippen molar-refractivity contribution in [2.45, 2.75) is 11.1 Å². The van der Waals surface area contributed by atoms with Gasteiger partial charge in [-0.3, -0.25) is 4.72 Å². The molecule has 0 saturated carbocycles. The van der Waals surface area contributed by atoms with Crippen LogP contribution in [0.4, 0.5) is 18.9 Å². The third-order valence-corrected chi connectivity index (χ3v) is 7.69. The standard InChI is InChI=1S/C22H13ClF3N5O2S2/c23-16-7-6-14(22(24,25)26)12-19(16)35(32,33)30-15-4-1-3-13(11-15)17-8-9-20-27-28-21(31(20)29-17)18-5-2-10-34-18/h1-12,30H. The van der Waals surface area contributed by atoms with Crippen molar-refractivity contribution in [3.8, 4) is 22.0 Å². The summed E-state index contributed by atoms with van der Waals surface area (Å²) in [5.74, 6) is 0.563. The number of alkyl halides is 3. The molecule has 0 unspecified atom stereocenters. The number of rotatable bonds is 5. The first-order chi connectivity index (χ1) is 16.6. The largest absolute Gasteiger partial charge is 0.416 e. The summed E-state index contributed by atoms with van der Waals surface area (Å²) in [7, 11) is -4.41. The third-order valence-electron chi connectivity index (χ3n) is 4.96. The molecule has 0 aliphatic carbocycles. The van der Waals surface area contributed by atoms with Crippen LogP contribution in [0.25, 0.3) is 27.6 Å². The Morgan fingerprint density at radius 1 is 0.971 bits per heavy atom. The Labute approximate surface area is 205 Å². The highest BCUT2D eigenvalue weighted by Gasteiger charge is 2.32. The molecule has 0 amide bonds. The van der Waals surface area contributed by atoms with Gasteiger partial charge in [0.15, 0.2) is 11.5 Å². The summed E-state index contributed by atoms with van der Waals surface area (Å²) in [6.45, 7) is 0. The molecule has 178 valence electrons. The fourth-order valence-electron chi connectivity index (χ4n) is 3.34. The zero-order valence-electron chi connectivity index (χ0n) is 17.4. The zero-order chi connectivity index (χ0) is 24.8. The second-order valence-corrected chi connectivity index (χ2v) is 10.3. The Morgan fingerprint density at radius 2 is 1.80 bits per heavy atom. The number of hydrogen-bond acceptors (Lipinski definition) is 6. The lowest BCUT2D eigenvalue weighted by Gasteiger charge is -2.13. The lowest BCUT2D eigenvalue weighted by molar-refractivity contribution is -0.137. The number of hydrogen-bond donors (Lipinski definition) is 1. The van der Waals surface area contributed by atoms with Crippen molar-refractivity contribution in [1.29, 1.82) is 0 Å². The van der Waals surface area contributed by atoms with E-state index in [1.54, 1.807) is 28.8 Å². The summed E-state index contributed by atoms with van der Waals surface area (Å²) in [4.78, 5) is 0.200. The van der Waals surface area contributed by atoms with E-state index in [9.17, 15) is 21.6 Å². The summed E-state index contributed by atoms with van der Waals surface area (Å²) in [6, 6.07) is 15.6. The molecule has 3 aromatic heterocycles. The van der Waals surface area contributed by atoms with E-state index in [-0.39, 0.29) is 10.7 Å². The smallest absolute Gasteiger partial charge is 0.280 e. The van der Waals surface area contributed by atoms with E-state index >= 15 is 0 Å². The fraction of sp³-hybridized carbons (Fsp3) is 0.0455. The molecule has 1 N–H and O–H groups in total. The predicted octanol–water partition coefficient (Wildman–Crippen LogP) is 5.99. The van der Waals surface area contributed by atoms with Crippen LogP contribution in [0.2, 0.25) is 5.02 Å². The summed E-state index contributed by atoms with van der Waals surface area (Å²) in [5, 5.41) is 14.5. The number of nitrogens with one attached hydrogen (secondary N) is 1. The highest BCUT2D eigenvalue weighted by Crippen LogP contribution is 2.34. The van der Waals surface area contributed by atoms with Gasteiger partial charge in [-0.25, -0.2) is 8.42 Å². The molecule has 0 atom stereocenters. The summed E-state index contributed by atoms with van der Waals surface area (Å²) >= 11 is 7.40. The van der Waals surface area contributed by atoms with Crippen molar-refractivity contribution in [1.82, 2.24) is 19.8 Å². The maximum Gasteiger partial charge on any atom is 0.416 e. The van der Waals surface area contributed by atoms with Crippen LogP contribution >= 0.6 is 22.9 Å². The molecule has 0 aliphatic rings. The first kappa shape index (κ1) is 23.3. The molecule has 5 aromatic rings. The highest BCUT2D eigenvalue weighted by molar-refractivity contribution is 7.92. The number of fused-ring (bicyclic) bond motifs is 1. The second-order valence-electron chi connectivity index (χ2n) is 7.32. The number of thiophene rings is 1. The van der Waals surface area contributed by atoms with Gasteiger partial charge in [0, 0.05) is 11.3 Å². The van der Waals surface area contributed by atoms with Crippen LogP contribution in [0.3, 0.4) is 0 Å². The minimum atomic E-state index is -4.72. The number of sulfonamides is 1. The van der Waals surface area contributed by atoms with E-state index in [1.165, 1.54) is 23.5 Å². The summed E-state index contributed by atoms with van der Waals surface area (Å²) in [6.07, 6.45) is -4.72. The SMILES string of the molecule is O=S(=O)(Nc1cccc(-c2ccc3nnc(-c4cccs4)n3n2)c1)c1cc(C(F)(F)F)ccc1Cl. The van der Waals surface area contributed by atoms with E-state index in [1.807, 2.05) is 17.5 Å². The van der Waals surface area contributed by atoms with Gasteiger partial charge >= 0.3 is 6.18 Å². The van der Waals surface area contributed by atoms with Crippen molar-refractivity contribution in [2.75, 3.05) is 4.72 Å². The molecule has 0 spiro atoms. The molecule has 0 aliphatic heterocycles. The van der Waals surface area contributed by atoms with Gasteiger partial charge in [-0.05, 0) is 53.9 Å². The molecule has 0 bridgehead atoms. The van der Waals surface area contributed by atoms with Gasteiger partial charge in [-0.15, -0.1) is 21.5 Å². The maximum absolute atomic E-state index is 13.1. The molecule has 0 fully saturated rings. The fourth-order valence-corrected chi connectivity index (χ4v) is 5.61. The van der Waals surface area contributed by atoms with Gasteiger partial charge in [-0.2, -0.15) is 22.8 Å². The van der Waals surface area contributed by atoms with Gasteiger partial charge in [0.25, 0.3) is 10.0 Å². The predicted molar refractivity (Wildman–Crippen MR) is 127 cm³/mol. The van der Waals surface area contributed by atoms with Crippen molar-refractivity contribution in [3.63, 3.8) is 0 Å². The average molecular weight is 536 g/mol. The quantitative estimate of drug-likeness (QED) is 0.298. The maximum atomic E-state index is 13.1. The van der Waals surface area contributed by atoms with Crippen LogP contribution in [-0.4, -0.2) is 28.2 Å². The van der Waals surface area contributed by atoms with Crippen LogP contribution in [0.5, 0.6) is 0 Å². The van der Waals surface area contributed by atoms with Crippen LogP contribution in [-0.2, 0) is 16.2 Å². The van der Waals surface area contributed by atoms with Gasteiger partial charge in [0.2, 0.25) is 0 Å². The van der Waals surface area contributed by atoms with Crippen LogP contribution in [0.15, 0.2) is 77.0 Å². The Kier molecular flexibility index (Phi) is 5.74. The molecular weight excluding hydrogens is 523 g/mol. The van der Waals surface area contributed by atoms with Crippen LogP contribution in [0, 0.1) is 0 Å². The molecule has 5 rings (SSSR count). The Morgan fingerprint density at radius 3 is 2.54 bits per heavy atom. The molecule has 13 heteroatoms. The number of aromatic nitrogens is 4. The third kappa shape index (κ3) is 4.59. The molecule has 0 saturated heterocycles. The number of halogens is 4. The van der Waals surface area contributed by atoms with Gasteiger partial charge in [0.05, 0.1) is 21.2 Å². The number of benzene rings is 2. The molecule has 0 radical (unpaired) electrons. The lowest BCUT2D eigenvalue weighted by atomic mass is 10.1. The second kappa shape index (κ2) is 8.63. The van der Waals surface area contributed by atoms with Gasteiger partial charge < -0.3 is 0 Å². The molecular formula is C22H13ClF3N5O2S2. The van der Waals surface area contributed by atoms with Crippen molar-refractivity contribution in [2.24, 2.45) is 0 Å². The van der Waals surface area contributed by atoms with Crippen molar-refractivity contribution >= 4 is 44.3 Å². The molecule has 35 heavy (non-hydrogen) atoms. The molecule has 2 aromatic carbocycles. The Bertz CT molecular complexity index is 1650. The van der Waals surface area contributed by atoms with Gasteiger partial charge in [-0.1, -0.05) is 29.8 Å². The first-order valence-electron chi connectivity index (χ1n) is 9.88. The Balaban J connectivity index is 1.49. The van der Waals surface area contributed by atoms with Crippen LogP contribution in [0.1, 0.15) is 5.56 Å².